The summed E-state index contributed by atoms with van der Waals surface area (Å²) < 4.78 is 27.3. The van der Waals surface area contributed by atoms with Gasteiger partial charge in [0.25, 0.3) is 0 Å². The molecule has 1 rings (SSSR count). The van der Waals surface area contributed by atoms with Gasteiger partial charge >= 0.3 is 0 Å². The minimum atomic E-state index is -3.49. The Morgan fingerprint density at radius 2 is 1.67 bits per heavy atom. The van der Waals surface area contributed by atoms with E-state index in [-0.39, 0.29) is 11.5 Å². The lowest BCUT2D eigenvalue weighted by molar-refractivity contribution is 0.274. The maximum absolute atomic E-state index is 12.4. The molecular weight excluding hydrogens is 284 g/mol. The van der Waals surface area contributed by atoms with Gasteiger partial charge in [0.05, 0.1) is 5.69 Å². The fourth-order valence-electron chi connectivity index (χ4n) is 1.79. The SMILES string of the molecule is CC(C)NS(=O)(=O)c1ccccc1NCC(C)C(C)(C)C. The van der Waals surface area contributed by atoms with Gasteiger partial charge in [-0.2, -0.15) is 0 Å². The minimum Gasteiger partial charge on any atom is -0.384 e. The molecule has 0 spiro atoms. The molecule has 4 nitrogen and oxygen atoms in total. The van der Waals surface area contributed by atoms with Crippen LogP contribution in [0.3, 0.4) is 0 Å². The van der Waals surface area contributed by atoms with Crippen molar-refractivity contribution >= 4 is 15.7 Å². The van der Waals surface area contributed by atoms with Crippen LogP contribution in [-0.2, 0) is 10.0 Å². The van der Waals surface area contributed by atoms with Crippen molar-refractivity contribution in [1.29, 1.82) is 0 Å². The lowest BCUT2D eigenvalue weighted by atomic mass is 9.82. The van der Waals surface area contributed by atoms with E-state index in [4.69, 9.17) is 0 Å². The van der Waals surface area contributed by atoms with Crippen molar-refractivity contribution in [2.75, 3.05) is 11.9 Å². The zero-order valence-electron chi connectivity index (χ0n) is 13.9. The molecule has 1 unspecified atom stereocenters. The van der Waals surface area contributed by atoms with Crippen molar-refractivity contribution in [3.63, 3.8) is 0 Å². The van der Waals surface area contributed by atoms with E-state index in [1.165, 1.54) is 0 Å². The summed E-state index contributed by atoms with van der Waals surface area (Å²) in [6.45, 7) is 13.1. The van der Waals surface area contributed by atoms with E-state index in [2.05, 4.69) is 37.7 Å². The zero-order valence-corrected chi connectivity index (χ0v) is 14.7. The first-order chi connectivity index (χ1) is 9.54. The summed E-state index contributed by atoms with van der Waals surface area (Å²) in [6.07, 6.45) is 0. The van der Waals surface area contributed by atoms with E-state index in [9.17, 15) is 8.42 Å². The predicted molar refractivity (Wildman–Crippen MR) is 89.0 cm³/mol. The molecule has 1 aromatic carbocycles. The first-order valence-electron chi connectivity index (χ1n) is 7.39. The molecule has 0 bridgehead atoms. The number of anilines is 1. The van der Waals surface area contributed by atoms with Crippen LogP contribution in [0.1, 0.15) is 41.5 Å². The second kappa shape index (κ2) is 6.79. The highest BCUT2D eigenvalue weighted by molar-refractivity contribution is 7.89. The molecular formula is C16H28N2O2S. The van der Waals surface area contributed by atoms with Crippen molar-refractivity contribution in [2.24, 2.45) is 11.3 Å². The molecule has 0 aliphatic heterocycles. The van der Waals surface area contributed by atoms with Gasteiger partial charge in [0, 0.05) is 12.6 Å². The second-order valence-corrected chi connectivity index (χ2v) is 8.60. The molecule has 0 saturated heterocycles. The quantitative estimate of drug-likeness (QED) is 0.845. The number of rotatable bonds is 6. The van der Waals surface area contributed by atoms with Crippen LogP contribution in [0.15, 0.2) is 29.2 Å². The van der Waals surface area contributed by atoms with Crippen molar-refractivity contribution in [3.8, 4) is 0 Å². The summed E-state index contributed by atoms with van der Waals surface area (Å²) in [7, 11) is -3.49. The Hall–Kier alpha value is -1.07. The molecule has 120 valence electrons. The number of nitrogens with one attached hydrogen (secondary N) is 2. The third-order valence-electron chi connectivity index (χ3n) is 3.64. The maximum Gasteiger partial charge on any atom is 0.242 e. The Labute approximate surface area is 129 Å². The summed E-state index contributed by atoms with van der Waals surface area (Å²) in [5.41, 5.74) is 0.832. The van der Waals surface area contributed by atoms with E-state index < -0.39 is 10.0 Å². The van der Waals surface area contributed by atoms with Gasteiger partial charge in [-0.3, -0.25) is 0 Å². The van der Waals surface area contributed by atoms with E-state index >= 15 is 0 Å². The Morgan fingerprint density at radius 1 is 1.10 bits per heavy atom. The minimum absolute atomic E-state index is 0.128. The van der Waals surface area contributed by atoms with Gasteiger partial charge in [-0.05, 0) is 37.3 Å². The maximum atomic E-state index is 12.4. The zero-order chi connectivity index (χ0) is 16.3. The molecule has 0 fully saturated rings. The summed E-state index contributed by atoms with van der Waals surface area (Å²) in [5, 5.41) is 3.28. The van der Waals surface area contributed by atoms with Gasteiger partial charge in [0.15, 0.2) is 0 Å². The average Bonchev–Trinajstić information content (AvgIpc) is 2.33. The van der Waals surface area contributed by atoms with Gasteiger partial charge in [-0.15, -0.1) is 0 Å². The number of benzene rings is 1. The molecule has 1 aromatic rings. The molecule has 0 aromatic heterocycles. The van der Waals surface area contributed by atoms with Crippen LogP contribution in [0.5, 0.6) is 0 Å². The van der Waals surface area contributed by atoms with Crippen LogP contribution in [0.2, 0.25) is 0 Å². The Bertz CT molecular complexity index is 560. The fraction of sp³-hybridized carbons (Fsp3) is 0.625. The topological polar surface area (TPSA) is 58.2 Å². The van der Waals surface area contributed by atoms with Gasteiger partial charge in [0.2, 0.25) is 10.0 Å². The highest BCUT2D eigenvalue weighted by atomic mass is 32.2. The molecule has 0 aliphatic rings. The fourth-order valence-corrected chi connectivity index (χ4v) is 3.23. The van der Waals surface area contributed by atoms with Crippen LogP contribution >= 0.6 is 0 Å². The first-order valence-corrected chi connectivity index (χ1v) is 8.87. The van der Waals surface area contributed by atoms with Crippen LogP contribution in [-0.4, -0.2) is 21.0 Å². The van der Waals surface area contributed by atoms with E-state index in [1.54, 1.807) is 12.1 Å². The van der Waals surface area contributed by atoms with Crippen LogP contribution < -0.4 is 10.0 Å². The van der Waals surface area contributed by atoms with Crippen molar-refractivity contribution in [2.45, 2.75) is 52.5 Å². The van der Waals surface area contributed by atoms with E-state index in [0.29, 0.717) is 16.5 Å². The largest absolute Gasteiger partial charge is 0.384 e. The Kier molecular flexibility index (Phi) is 5.82. The first kappa shape index (κ1) is 18.0. The summed E-state index contributed by atoms with van der Waals surface area (Å²) in [4.78, 5) is 0.305. The van der Waals surface area contributed by atoms with Gasteiger partial charge in [-0.1, -0.05) is 39.8 Å². The molecule has 21 heavy (non-hydrogen) atoms. The monoisotopic (exact) mass is 312 g/mol. The Balaban J connectivity index is 2.96. The van der Waals surface area contributed by atoms with E-state index in [0.717, 1.165) is 6.54 Å². The summed E-state index contributed by atoms with van der Waals surface area (Å²) in [6, 6.07) is 6.90. The number of hydrogen-bond acceptors (Lipinski definition) is 3. The number of sulfonamides is 1. The lowest BCUT2D eigenvalue weighted by Crippen LogP contribution is -2.31. The highest BCUT2D eigenvalue weighted by Crippen LogP contribution is 2.27. The second-order valence-electron chi connectivity index (χ2n) is 6.92. The smallest absolute Gasteiger partial charge is 0.242 e. The molecule has 0 radical (unpaired) electrons. The highest BCUT2D eigenvalue weighted by Gasteiger charge is 2.22. The number of para-hydroxylation sites is 1. The molecule has 0 amide bonds. The normalized spacial score (nSPS) is 14.2. The van der Waals surface area contributed by atoms with Gasteiger partial charge in [0.1, 0.15) is 4.90 Å². The molecule has 0 heterocycles. The van der Waals surface area contributed by atoms with E-state index in [1.807, 2.05) is 26.0 Å². The third-order valence-corrected chi connectivity index (χ3v) is 5.36. The van der Waals surface area contributed by atoms with Gasteiger partial charge in [-0.25, -0.2) is 13.1 Å². The predicted octanol–water partition coefficient (Wildman–Crippen LogP) is 3.47. The molecule has 2 N–H and O–H groups in total. The van der Waals surface area contributed by atoms with Crippen LogP contribution in [0.25, 0.3) is 0 Å². The summed E-state index contributed by atoms with van der Waals surface area (Å²) >= 11 is 0. The van der Waals surface area contributed by atoms with Crippen LogP contribution in [0, 0.1) is 11.3 Å². The molecule has 5 heteroatoms. The lowest BCUT2D eigenvalue weighted by Gasteiger charge is -2.28. The Morgan fingerprint density at radius 3 is 2.19 bits per heavy atom. The van der Waals surface area contributed by atoms with Crippen molar-refractivity contribution in [3.05, 3.63) is 24.3 Å². The van der Waals surface area contributed by atoms with Crippen molar-refractivity contribution in [1.82, 2.24) is 4.72 Å². The standard InChI is InChI=1S/C16H28N2O2S/c1-12(2)18-21(19,20)15-10-8-7-9-14(15)17-11-13(3)16(4,5)6/h7-10,12-13,17-18H,11H2,1-6H3. The summed E-state index contributed by atoms with van der Waals surface area (Å²) in [5.74, 6) is 0.423. The van der Waals surface area contributed by atoms with Crippen molar-refractivity contribution < 1.29 is 8.42 Å². The molecule has 0 saturated carbocycles. The third kappa shape index (κ3) is 5.32. The van der Waals surface area contributed by atoms with Crippen LogP contribution in [0.4, 0.5) is 5.69 Å². The molecule has 1 atom stereocenters. The average molecular weight is 312 g/mol. The number of hydrogen-bond donors (Lipinski definition) is 2. The van der Waals surface area contributed by atoms with Gasteiger partial charge < -0.3 is 5.32 Å². The molecule has 0 aliphatic carbocycles.